The van der Waals surface area contributed by atoms with E-state index in [1.807, 2.05) is 13.8 Å². The van der Waals surface area contributed by atoms with Gasteiger partial charge in [0.15, 0.2) is 0 Å². The van der Waals surface area contributed by atoms with Crippen molar-refractivity contribution in [2.24, 2.45) is 5.92 Å². The van der Waals surface area contributed by atoms with Crippen LogP contribution in [0.2, 0.25) is 0 Å². The van der Waals surface area contributed by atoms with Crippen LogP contribution < -0.4 is 0 Å². The van der Waals surface area contributed by atoms with Crippen LogP contribution in [-0.4, -0.2) is 0 Å². The van der Waals surface area contributed by atoms with Crippen molar-refractivity contribution in [2.75, 3.05) is 0 Å². The van der Waals surface area contributed by atoms with Gasteiger partial charge in [-0.05, 0) is 18.8 Å². The Hall–Kier alpha value is -0.520. The zero-order chi connectivity index (χ0) is 14.1. The summed E-state index contributed by atoms with van der Waals surface area (Å²) in [5.41, 5.74) is 1.21. The molecule has 0 bridgehead atoms. The van der Waals surface area contributed by atoms with Crippen molar-refractivity contribution in [1.29, 1.82) is 0 Å². The Balaban J connectivity index is -0.000000202. The lowest BCUT2D eigenvalue weighted by molar-refractivity contribution is 0.509. The van der Waals surface area contributed by atoms with Crippen LogP contribution in [0.5, 0.6) is 0 Å². The lowest BCUT2D eigenvalue weighted by Gasteiger charge is -2.02. The average molecular weight is 240 g/mol. The summed E-state index contributed by atoms with van der Waals surface area (Å²) in [4.78, 5) is 0. The van der Waals surface area contributed by atoms with Gasteiger partial charge in [-0.3, -0.25) is 0 Å². The maximum absolute atomic E-state index is 3.82. The fourth-order valence-corrected chi connectivity index (χ4v) is 1.10. The molecule has 0 aliphatic rings. The minimum atomic E-state index is 0.949. The van der Waals surface area contributed by atoms with Crippen LogP contribution in [-0.2, 0) is 0 Å². The molecule has 0 saturated carbocycles. The summed E-state index contributed by atoms with van der Waals surface area (Å²) in [7, 11) is 0. The van der Waals surface area contributed by atoms with E-state index in [9.17, 15) is 0 Å². The molecule has 0 aliphatic carbocycles. The predicted octanol–water partition coefficient (Wildman–Crippen LogP) is 6.78. The molecule has 0 nitrogen and oxygen atoms in total. The van der Waals surface area contributed by atoms with Gasteiger partial charge in [0.2, 0.25) is 0 Å². The second-order valence-electron chi connectivity index (χ2n) is 4.12. The van der Waals surface area contributed by atoms with Crippen molar-refractivity contribution in [1.82, 2.24) is 0 Å². The smallest absolute Gasteiger partial charge is 0.0313 e. The molecule has 0 aromatic rings. The molecule has 0 amide bonds. The molecule has 0 aromatic carbocycles. The van der Waals surface area contributed by atoms with Crippen LogP contribution in [0.3, 0.4) is 0 Å². The van der Waals surface area contributed by atoms with Crippen LogP contribution in [0.15, 0.2) is 24.3 Å². The Kier molecular flexibility index (Phi) is 26.6. The Morgan fingerprint density at radius 3 is 1.88 bits per heavy atom. The molecule has 0 heterocycles. The summed E-state index contributed by atoms with van der Waals surface area (Å²) >= 11 is 0. The van der Waals surface area contributed by atoms with Gasteiger partial charge in [0.1, 0.15) is 0 Å². The van der Waals surface area contributed by atoms with E-state index in [-0.39, 0.29) is 0 Å². The first-order valence-corrected chi connectivity index (χ1v) is 7.46. The predicted molar refractivity (Wildman–Crippen MR) is 84.6 cm³/mol. The van der Waals surface area contributed by atoms with E-state index in [2.05, 4.69) is 53.3 Å². The quantitative estimate of drug-likeness (QED) is 0.449. The SMILES string of the molecule is C=C(/C=C/CC)CC.CC.CCCC(C)CC. The van der Waals surface area contributed by atoms with Gasteiger partial charge in [0, 0.05) is 0 Å². The minimum Gasteiger partial charge on any atom is -0.0959 e. The molecule has 0 heteroatoms. The summed E-state index contributed by atoms with van der Waals surface area (Å²) in [6.07, 6.45) is 10.5. The highest BCUT2D eigenvalue weighted by atomic mass is 14.0. The molecule has 0 radical (unpaired) electrons. The van der Waals surface area contributed by atoms with E-state index < -0.39 is 0 Å². The molecule has 0 saturated heterocycles. The molecule has 0 aliphatic heterocycles. The Bertz CT molecular complexity index is 153. The molecule has 0 fully saturated rings. The van der Waals surface area contributed by atoms with Gasteiger partial charge in [0.25, 0.3) is 0 Å². The number of hydrogen-bond acceptors (Lipinski definition) is 0. The van der Waals surface area contributed by atoms with Gasteiger partial charge >= 0.3 is 0 Å². The molecule has 0 spiro atoms. The zero-order valence-electron chi connectivity index (χ0n) is 13.5. The van der Waals surface area contributed by atoms with Crippen LogP contribution in [0.25, 0.3) is 0 Å². The summed E-state index contributed by atoms with van der Waals surface area (Å²) in [6.45, 7) is 18.9. The molecule has 0 rings (SSSR count). The Labute approximate surface area is 111 Å². The van der Waals surface area contributed by atoms with Crippen molar-refractivity contribution in [3.05, 3.63) is 24.3 Å². The lowest BCUT2D eigenvalue weighted by Crippen LogP contribution is -1.88. The van der Waals surface area contributed by atoms with Gasteiger partial charge in [-0.15, -0.1) is 0 Å². The molecule has 104 valence electrons. The van der Waals surface area contributed by atoms with Gasteiger partial charge in [-0.1, -0.05) is 92.0 Å². The minimum absolute atomic E-state index is 0.949. The van der Waals surface area contributed by atoms with E-state index >= 15 is 0 Å². The second-order valence-corrected chi connectivity index (χ2v) is 4.12. The standard InChI is InChI=1S/C8H14.C7H16.C2H6/c1-4-6-7-8(3)5-2;1-4-6-7(3)5-2;1-2/h6-7H,3-5H2,1-2H3;7H,4-6H2,1-3H3;1-2H3/b7-6+;;. The van der Waals surface area contributed by atoms with E-state index in [0.717, 1.165) is 18.8 Å². The molecule has 1 atom stereocenters. The van der Waals surface area contributed by atoms with Crippen molar-refractivity contribution in [3.8, 4) is 0 Å². The maximum Gasteiger partial charge on any atom is -0.0313 e. The topological polar surface area (TPSA) is 0 Å². The van der Waals surface area contributed by atoms with Crippen molar-refractivity contribution < 1.29 is 0 Å². The summed E-state index contributed by atoms with van der Waals surface area (Å²) < 4.78 is 0. The highest BCUT2D eigenvalue weighted by Crippen LogP contribution is 2.07. The maximum atomic E-state index is 3.82. The zero-order valence-corrected chi connectivity index (χ0v) is 13.5. The van der Waals surface area contributed by atoms with E-state index in [1.54, 1.807) is 0 Å². The van der Waals surface area contributed by atoms with Crippen molar-refractivity contribution in [3.63, 3.8) is 0 Å². The van der Waals surface area contributed by atoms with Crippen LogP contribution >= 0.6 is 0 Å². The first-order valence-electron chi connectivity index (χ1n) is 7.46. The average Bonchev–Trinajstić information content (AvgIpc) is 2.39. The number of hydrogen-bond donors (Lipinski definition) is 0. The molecule has 17 heavy (non-hydrogen) atoms. The Morgan fingerprint density at radius 1 is 1.12 bits per heavy atom. The van der Waals surface area contributed by atoms with Crippen LogP contribution in [0.4, 0.5) is 0 Å². The summed E-state index contributed by atoms with van der Waals surface area (Å²) in [6, 6.07) is 0. The van der Waals surface area contributed by atoms with Crippen molar-refractivity contribution >= 4 is 0 Å². The molecular formula is C17H36. The monoisotopic (exact) mass is 240 g/mol. The fourth-order valence-electron chi connectivity index (χ4n) is 1.10. The Morgan fingerprint density at radius 2 is 1.65 bits per heavy atom. The largest absolute Gasteiger partial charge is 0.0959 e. The highest BCUT2D eigenvalue weighted by Gasteiger charge is 1.92. The second kappa shape index (κ2) is 20.8. The molecule has 0 N–H and O–H groups in total. The summed E-state index contributed by atoms with van der Waals surface area (Å²) in [5.74, 6) is 0.949. The molecule has 1 unspecified atom stereocenters. The molecular weight excluding hydrogens is 204 g/mol. The first kappa shape index (κ1) is 21.7. The van der Waals surface area contributed by atoms with E-state index in [0.29, 0.717) is 0 Å². The lowest BCUT2D eigenvalue weighted by atomic mass is 10.0. The third kappa shape index (κ3) is 25.6. The number of rotatable bonds is 6. The molecule has 0 aromatic heterocycles. The number of allylic oxidation sites excluding steroid dienone is 3. The van der Waals surface area contributed by atoms with Crippen molar-refractivity contribution in [2.45, 2.75) is 80.6 Å². The van der Waals surface area contributed by atoms with Gasteiger partial charge < -0.3 is 0 Å². The highest BCUT2D eigenvalue weighted by molar-refractivity contribution is 5.12. The van der Waals surface area contributed by atoms with Gasteiger partial charge in [0.05, 0.1) is 0 Å². The van der Waals surface area contributed by atoms with Crippen LogP contribution in [0, 0.1) is 5.92 Å². The summed E-state index contributed by atoms with van der Waals surface area (Å²) in [5, 5.41) is 0. The van der Waals surface area contributed by atoms with E-state index in [1.165, 1.54) is 24.8 Å². The normalized spacial score (nSPS) is 11.0. The van der Waals surface area contributed by atoms with Crippen LogP contribution in [0.1, 0.15) is 80.6 Å². The first-order chi connectivity index (χ1) is 8.12. The third-order valence-corrected chi connectivity index (χ3v) is 2.52. The van der Waals surface area contributed by atoms with E-state index in [4.69, 9.17) is 0 Å². The van der Waals surface area contributed by atoms with Gasteiger partial charge in [-0.2, -0.15) is 0 Å². The fraction of sp³-hybridized carbons (Fsp3) is 0.765. The third-order valence-electron chi connectivity index (χ3n) is 2.52. The van der Waals surface area contributed by atoms with Gasteiger partial charge in [-0.25, -0.2) is 0 Å².